The minimum absolute atomic E-state index is 0.0357. The summed E-state index contributed by atoms with van der Waals surface area (Å²) in [5.41, 5.74) is 1.76. The minimum atomic E-state index is 0.0357. The van der Waals surface area contributed by atoms with Gasteiger partial charge in [0, 0.05) is 39.6 Å². The molecule has 2 aliphatic heterocycles. The van der Waals surface area contributed by atoms with Crippen LogP contribution >= 0.6 is 0 Å². The normalized spacial score (nSPS) is 20.5. The van der Waals surface area contributed by atoms with Gasteiger partial charge in [-0.05, 0) is 56.7 Å². The molecule has 2 fully saturated rings. The second-order valence-corrected chi connectivity index (χ2v) is 7.00. The third kappa shape index (κ3) is 3.66. The second-order valence-electron chi connectivity index (χ2n) is 7.00. The molecule has 5 nitrogen and oxygen atoms in total. The van der Waals surface area contributed by atoms with E-state index in [1.54, 1.807) is 31.4 Å². The number of nitrogens with one attached hydrogen (secondary N) is 1. The number of pyridine rings is 1. The molecule has 0 atom stereocenters. The highest BCUT2D eigenvalue weighted by Crippen LogP contribution is 2.33. The zero-order chi connectivity index (χ0) is 16.2. The highest BCUT2D eigenvalue weighted by Gasteiger charge is 2.29. The predicted molar refractivity (Wildman–Crippen MR) is 92.8 cm³/mol. The first kappa shape index (κ1) is 16.2. The summed E-state index contributed by atoms with van der Waals surface area (Å²) in [5.74, 6) is 1.77. The molecular weight excluding hydrogens is 288 g/mol. The maximum atomic E-state index is 12.4. The summed E-state index contributed by atoms with van der Waals surface area (Å²) in [5, 5.41) is 3.46. The molecule has 0 aromatic carbocycles. The molecule has 0 radical (unpaired) electrons. The Morgan fingerprint density at radius 1 is 1.17 bits per heavy atom. The topological polar surface area (TPSA) is 48.5 Å². The van der Waals surface area contributed by atoms with Crippen molar-refractivity contribution in [2.24, 2.45) is 11.8 Å². The summed E-state index contributed by atoms with van der Waals surface area (Å²) in [7, 11) is 3.59. The zero-order valence-corrected chi connectivity index (χ0v) is 14.3. The molecule has 0 spiro atoms. The van der Waals surface area contributed by atoms with E-state index in [9.17, 15) is 4.79 Å². The van der Waals surface area contributed by atoms with Gasteiger partial charge in [0.05, 0.1) is 11.3 Å². The highest BCUT2D eigenvalue weighted by molar-refractivity contribution is 5.99. The number of carbonyl (C=O) groups excluding carboxylic acids is 1. The van der Waals surface area contributed by atoms with Crippen molar-refractivity contribution >= 4 is 11.6 Å². The quantitative estimate of drug-likeness (QED) is 0.926. The average molecular weight is 316 g/mol. The van der Waals surface area contributed by atoms with E-state index in [2.05, 4.69) is 15.2 Å². The third-order valence-corrected chi connectivity index (χ3v) is 5.37. The molecule has 1 aromatic heterocycles. The Labute approximate surface area is 139 Å². The Hall–Kier alpha value is -1.62. The predicted octanol–water partition coefficient (Wildman–Crippen LogP) is 2.00. The Kier molecular flexibility index (Phi) is 5.16. The lowest BCUT2D eigenvalue weighted by atomic mass is 9.79. The number of rotatable bonds is 3. The summed E-state index contributed by atoms with van der Waals surface area (Å²) in [6.45, 7) is 4.45. The van der Waals surface area contributed by atoms with E-state index >= 15 is 0 Å². The smallest absolute Gasteiger partial charge is 0.257 e. The summed E-state index contributed by atoms with van der Waals surface area (Å²) >= 11 is 0. The van der Waals surface area contributed by atoms with Crippen molar-refractivity contribution in [1.82, 2.24) is 15.2 Å². The van der Waals surface area contributed by atoms with Crippen LogP contribution in [0, 0.1) is 11.8 Å². The molecule has 0 unspecified atom stereocenters. The fraction of sp³-hybridized carbons (Fsp3) is 0.667. The molecule has 0 saturated carbocycles. The van der Waals surface area contributed by atoms with Crippen LogP contribution in [0.4, 0.5) is 5.69 Å². The number of hydrogen-bond acceptors (Lipinski definition) is 4. The van der Waals surface area contributed by atoms with E-state index in [-0.39, 0.29) is 5.91 Å². The molecule has 5 heteroatoms. The second kappa shape index (κ2) is 7.30. The standard InChI is InChI=1S/C18H28N4O/c1-21(2)18(23)16-13-20-10-5-17(16)22-11-6-15(7-12-22)14-3-8-19-9-4-14/h5,10,13-15,19H,3-4,6-9,11-12H2,1-2H3. The van der Waals surface area contributed by atoms with Gasteiger partial charge >= 0.3 is 0 Å². The maximum Gasteiger partial charge on any atom is 0.257 e. The molecule has 23 heavy (non-hydrogen) atoms. The molecule has 3 rings (SSSR count). The summed E-state index contributed by atoms with van der Waals surface area (Å²) in [4.78, 5) is 20.5. The first-order chi connectivity index (χ1) is 11.2. The van der Waals surface area contributed by atoms with Gasteiger partial charge in [-0.3, -0.25) is 9.78 Å². The van der Waals surface area contributed by atoms with Crippen LogP contribution in [-0.2, 0) is 0 Å². The molecular formula is C18H28N4O. The van der Waals surface area contributed by atoms with Gasteiger partial charge in [0.25, 0.3) is 5.91 Å². The molecule has 126 valence electrons. The molecule has 0 bridgehead atoms. The SMILES string of the molecule is CN(C)C(=O)c1cnccc1N1CCC(C2CCNCC2)CC1. The number of nitrogens with zero attached hydrogens (tertiary/aromatic N) is 3. The van der Waals surface area contributed by atoms with Gasteiger partial charge in [0.15, 0.2) is 0 Å². The van der Waals surface area contributed by atoms with E-state index in [1.165, 1.54) is 38.8 Å². The summed E-state index contributed by atoms with van der Waals surface area (Å²) in [6.07, 6.45) is 8.62. The molecule has 2 aliphatic rings. The number of aromatic nitrogens is 1. The van der Waals surface area contributed by atoms with Gasteiger partial charge in [-0.15, -0.1) is 0 Å². The van der Waals surface area contributed by atoms with E-state index in [4.69, 9.17) is 0 Å². The van der Waals surface area contributed by atoms with E-state index in [0.717, 1.165) is 36.2 Å². The van der Waals surface area contributed by atoms with Crippen LogP contribution in [-0.4, -0.2) is 56.1 Å². The van der Waals surface area contributed by atoms with Crippen molar-refractivity contribution < 1.29 is 4.79 Å². The minimum Gasteiger partial charge on any atom is -0.371 e. The van der Waals surface area contributed by atoms with Gasteiger partial charge in [-0.2, -0.15) is 0 Å². The van der Waals surface area contributed by atoms with Crippen molar-refractivity contribution in [3.05, 3.63) is 24.0 Å². The molecule has 1 aromatic rings. The van der Waals surface area contributed by atoms with E-state index in [1.807, 2.05) is 6.07 Å². The largest absolute Gasteiger partial charge is 0.371 e. The van der Waals surface area contributed by atoms with Crippen molar-refractivity contribution in [3.63, 3.8) is 0 Å². The van der Waals surface area contributed by atoms with E-state index < -0.39 is 0 Å². The van der Waals surface area contributed by atoms with Crippen LogP contribution in [0.25, 0.3) is 0 Å². The number of carbonyl (C=O) groups is 1. The number of piperidine rings is 2. The Balaban J connectivity index is 1.67. The number of hydrogen-bond donors (Lipinski definition) is 1. The van der Waals surface area contributed by atoms with Crippen molar-refractivity contribution in [2.75, 3.05) is 45.2 Å². The molecule has 0 aliphatic carbocycles. The fourth-order valence-corrected chi connectivity index (χ4v) is 4.00. The van der Waals surface area contributed by atoms with Gasteiger partial charge < -0.3 is 15.1 Å². The zero-order valence-electron chi connectivity index (χ0n) is 14.3. The average Bonchev–Trinajstić information content (AvgIpc) is 2.62. The van der Waals surface area contributed by atoms with Gasteiger partial charge in [-0.25, -0.2) is 0 Å². The van der Waals surface area contributed by atoms with Crippen molar-refractivity contribution in [1.29, 1.82) is 0 Å². The summed E-state index contributed by atoms with van der Waals surface area (Å²) in [6, 6.07) is 1.99. The lowest BCUT2D eigenvalue weighted by Crippen LogP contribution is -2.40. The lowest BCUT2D eigenvalue weighted by Gasteiger charge is -2.39. The highest BCUT2D eigenvalue weighted by atomic mass is 16.2. The van der Waals surface area contributed by atoms with Crippen LogP contribution in [0.5, 0.6) is 0 Å². The Morgan fingerprint density at radius 2 is 1.83 bits per heavy atom. The van der Waals surface area contributed by atoms with Gasteiger partial charge in [0.2, 0.25) is 0 Å². The molecule has 1 N–H and O–H groups in total. The van der Waals surface area contributed by atoms with Crippen LogP contribution in [0.3, 0.4) is 0 Å². The maximum absolute atomic E-state index is 12.4. The number of anilines is 1. The Bertz CT molecular complexity index is 532. The molecule has 2 saturated heterocycles. The third-order valence-electron chi connectivity index (χ3n) is 5.37. The van der Waals surface area contributed by atoms with Crippen molar-refractivity contribution in [3.8, 4) is 0 Å². The lowest BCUT2D eigenvalue weighted by molar-refractivity contribution is 0.0827. The van der Waals surface area contributed by atoms with Crippen LogP contribution < -0.4 is 10.2 Å². The number of amides is 1. The molecule has 1 amide bonds. The van der Waals surface area contributed by atoms with Crippen LogP contribution in [0.1, 0.15) is 36.0 Å². The first-order valence-electron chi connectivity index (χ1n) is 8.78. The van der Waals surface area contributed by atoms with Crippen LogP contribution in [0.15, 0.2) is 18.5 Å². The monoisotopic (exact) mass is 316 g/mol. The fourth-order valence-electron chi connectivity index (χ4n) is 4.00. The van der Waals surface area contributed by atoms with E-state index in [0.29, 0.717) is 0 Å². The van der Waals surface area contributed by atoms with Gasteiger partial charge in [-0.1, -0.05) is 0 Å². The Morgan fingerprint density at radius 3 is 2.48 bits per heavy atom. The first-order valence-corrected chi connectivity index (χ1v) is 8.78. The van der Waals surface area contributed by atoms with Crippen LogP contribution in [0.2, 0.25) is 0 Å². The summed E-state index contributed by atoms with van der Waals surface area (Å²) < 4.78 is 0. The molecule has 3 heterocycles. The van der Waals surface area contributed by atoms with Crippen molar-refractivity contribution in [2.45, 2.75) is 25.7 Å². The van der Waals surface area contributed by atoms with Gasteiger partial charge in [0.1, 0.15) is 0 Å².